The monoisotopic (exact) mass is 486 g/mol. The molecule has 4 heterocycles. The summed E-state index contributed by atoms with van der Waals surface area (Å²) in [6.45, 7) is 2.69. The second-order valence-electron chi connectivity index (χ2n) is 5.50. The number of aromatic nitrogens is 2. The van der Waals surface area contributed by atoms with Crippen LogP contribution < -0.4 is 0 Å². The second kappa shape index (κ2) is 10.4. The van der Waals surface area contributed by atoms with Gasteiger partial charge in [0.25, 0.3) is 0 Å². The fourth-order valence-corrected chi connectivity index (χ4v) is 2.33. The Labute approximate surface area is 178 Å². The van der Waals surface area contributed by atoms with Gasteiger partial charge in [0.1, 0.15) is 36.0 Å². The van der Waals surface area contributed by atoms with E-state index in [0.717, 1.165) is 11.4 Å². The van der Waals surface area contributed by atoms with E-state index in [4.69, 9.17) is 19.7 Å². The molecule has 152 valence electrons. The van der Waals surface area contributed by atoms with Crippen molar-refractivity contribution in [3.05, 3.63) is 59.2 Å². The quantitative estimate of drug-likeness (QED) is 0.613. The van der Waals surface area contributed by atoms with Gasteiger partial charge >= 0.3 is 11.9 Å². The molecule has 10 nitrogen and oxygen atoms in total. The Balaban J connectivity index is 0.000000209. The summed E-state index contributed by atoms with van der Waals surface area (Å²) in [5.41, 5.74) is 0.950. The van der Waals surface area contributed by atoms with Crippen LogP contribution in [-0.2, 0) is 29.0 Å². The van der Waals surface area contributed by atoms with Gasteiger partial charge < -0.3 is 19.7 Å². The van der Waals surface area contributed by atoms with Crippen LogP contribution in [0.2, 0.25) is 0 Å². The van der Waals surface area contributed by atoms with E-state index < -0.39 is 11.9 Å². The van der Waals surface area contributed by atoms with Crippen LogP contribution in [0.15, 0.2) is 46.4 Å². The summed E-state index contributed by atoms with van der Waals surface area (Å²) in [4.78, 5) is 36.9. The summed E-state index contributed by atoms with van der Waals surface area (Å²) < 4.78 is 10.7. The van der Waals surface area contributed by atoms with E-state index in [1.807, 2.05) is 18.2 Å². The second-order valence-corrected chi connectivity index (χ2v) is 5.50. The predicted molar refractivity (Wildman–Crippen MR) is 97.1 cm³/mol. The van der Waals surface area contributed by atoms with E-state index in [2.05, 4.69) is 20.0 Å². The van der Waals surface area contributed by atoms with Crippen molar-refractivity contribution in [2.75, 3.05) is 26.3 Å². The summed E-state index contributed by atoms with van der Waals surface area (Å²) in [5, 5.41) is 16.9. The molecule has 0 fully saturated rings. The number of nitrogens with zero attached hydrogens (tertiary/aromatic N) is 4. The summed E-state index contributed by atoms with van der Waals surface area (Å²) >= 11 is 0. The van der Waals surface area contributed by atoms with Crippen LogP contribution in [0, 0.1) is 0 Å². The van der Waals surface area contributed by atoms with Crippen LogP contribution >= 0.6 is 0 Å². The Hall–Kier alpha value is -3.20. The maximum absolute atomic E-state index is 10.3. The normalized spacial score (nSPS) is 14.2. The van der Waals surface area contributed by atoms with Crippen molar-refractivity contribution in [2.24, 2.45) is 9.98 Å². The maximum Gasteiger partial charge on any atom is 0.354 e. The molecular weight excluding hydrogens is 469 g/mol. The zero-order chi connectivity index (χ0) is 19.9. The molecule has 2 aromatic heterocycles. The Bertz CT molecular complexity index is 894. The number of hydrogen-bond donors (Lipinski definition) is 2. The average Bonchev–Trinajstić information content (AvgIpc) is 3.43. The first kappa shape index (κ1) is 22.1. The van der Waals surface area contributed by atoms with E-state index in [-0.39, 0.29) is 30.9 Å². The number of aliphatic imine (C=N–C) groups is 2. The molecule has 0 aromatic carbocycles. The Morgan fingerprint density at radius 2 is 1.21 bits per heavy atom. The van der Waals surface area contributed by atoms with Gasteiger partial charge in [-0.25, -0.2) is 29.5 Å². The third kappa shape index (κ3) is 5.89. The van der Waals surface area contributed by atoms with Crippen molar-refractivity contribution >= 4 is 23.7 Å². The molecule has 0 saturated carbocycles. The van der Waals surface area contributed by atoms with Crippen LogP contribution in [0.3, 0.4) is 0 Å². The number of ether oxygens (including phenoxy) is 2. The molecular formula is C18H16N4O6Ru. The van der Waals surface area contributed by atoms with Crippen LogP contribution in [0.25, 0.3) is 0 Å². The summed E-state index contributed by atoms with van der Waals surface area (Å²) in [6.07, 6.45) is 0. The molecule has 0 radical (unpaired) electrons. The molecule has 2 aromatic rings. The number of pyridine rings is 2. The number of carboxylic acids is 2. The molecule has 0 aliphatic carbocycles. The average molecular weight is 485 g/mol. The van der Waals surface area contributed by atoms with E-state index in [9.17, 15) is 9.59 Å². The smallest absolute Gasteiger partial charge is 0.354 e. The van der Waals surface area contributed by atoms with Gasteiger partial charge in [-0.1, -0.05) is 12.1 Å². The standard InChI is InChI=1S/C11H11N3O2.C7H5NO4.Ru/c1-2-8(10-12-4-6-15-10)14-9(3-1)11-13-5-7-16-11;9-6(10)4-2-1-3-5(8-4)7(11)12;/h1-3H,4-7H2;1-3H,(H,9,10)(H,11,12);. The maximum atomic E-state index is 10.3. The zero-order valence-corrected chi connectivity index (χ0v) is 16.7. The van der Waals surface area contributed by atoms with Gasteiger partial charge in [0, 0.05) is 19.5 Å². The molecule has 0 bridgehead atoms. The molecule has 2 aliphatic rings. The van der Waals surface area contributed by atoms with Gasteiger partial charge in [-0.15, -0.1) is 0 Å². The molecule has 0 unspecified atom stereocenters. The minimum atomic E-state index is -1.24. The molecule has 11 heteroatoms. The number of carboxylic acid groups (broad SMARTS) is 2. The van der Waals surface area contributed by atoms with Crippen molar-refractivity contribution < 1.29 is 48.8 Å². The first-order chi connectivity index (χ1) is 13.5. The van der Waals surface area contributed by atoms with E-state index in [1.54, 1.807) is 0 Å². The van der Waals surface area contributed by atoms with Crippen LogP contribution in [0.4, 0.5) is 0 Å². The number of rotatable bonds is 4. The third-order valence-electron chi connectivity index (χ3n) is 3.55. The molecule has 2 N–H and O–H groups in total. The van der Waals surface area contributed by atoms with Crippen molar-refractivity contribution in [1.29, 1.82) is 0 Å². The predicted octanol–water partition coefficient (Wildman–Crippen LogP) is 1.11. The number of hydrogen-bond acceptors (Lipinski definition) is 8. The van der Waals surface area contributed by atoms with E-state index in [0.29, 0.717) is 38.1 Å². The first-order valence-corrected chi connectivity index (χ1v) is 8.30. The van der Waals surface area contributed by atoms with Gasteiger partial charge in [0.15, 0.2) is 0 Å². The fourth-order valence-electron chi connectivity index (χ4n) is 2.33. The fraction of sp³-hybridized carbons (Fsp3) is 0.222. The topological polar surface area (TPSA) is 144 Å². The molecule has 4 rings (SSSR count). The van der Waals surface area contributed by atoms with Crippen molar-refractivity contribution in [1.82, 2.24) is 9.97 Å². The Morgan fingerprint density at radius 1 is 0.759 bits per heavy atom. The molecule has 0 saturated heterocycles. The van der Waals surface area contributed by atoms with Crippen LogP contribution in [0.5, 0.6) is 0 Å². The van der Waals surface area contributed by atoms with Gasteiger partial charge in [0.05, 0.1) is 13.1 Å². The molecule has 2 aliphatic heterocycles. The first-order valence-electron chi connectivity index (χ1n) is 8.30. The van der Waals surface area contributed by atoms with Crippen LogP contribution in [0.1, 0.15) is 32.4 Å². The Morgan fingerprint density at radius 3 is 1.59 bits per heavy atom. The minimum absolute atomic E-state index is 0. The van der Waals surface area contributed by atoms with Gasteiger partial charge in [-0.05, 0) is 24.3 Å². The van der Waals surface area contributed by atoms with Gasteiger partial charge in [0.2, 0.25) is 11.8 Å². The van der Waals surface area contributed by atoms with Crippen LogP contribution in [-0.4, -0.2) is 70.2 Å². The largest absolute Gasteiger partial charge is 0.477 e. The summed E-state index contributed by atoms with van der Waals surface area (Å²) in [7, 11) is 0. The SMILES string of the molecule is O=C(O)c1cccc(C(=O)O)n1.[Ru].c1cc(C2=NCCO2)nc(C2=NCCO2)c1. The Kier molecular flexibility index (Phi) is 7.91. The molecule has 29 heavy (non-hydrogen) atoms. The van der Waals surface area contributed by atoms with Gasteiger partial charge in [-0.2, -0.15) is 0 Å². The van der Waals surface area contributed by atoms with Crippen molar-refractivity contribution in [3.63, 3.8) is 0 Å². The third-order valence-corrected chi connectivity index (χ3v) is 3.55. The zero-order valence-electron chi connectivity index (χ0n) is 15.0. The molecule has 0 spiro atoms. The summed E-state index contributed by atoms with van der Waals surface area (Å²) in [6, 6.07) is 9.46. The van der Waals surface area contributed by atoms with Crippen molar-refractivity contribution in [3.8, 4) is 0 Å². The minimum Gasteiger partial charge on any atom is -0.477 e. The molecule has 0 amide bonds. The van der Waals surface area contributed by atoms with Crippen molar-refractivity contribution in [2.45, 2.75) is 0 Å². The van der Waals surface area contributed by atoms with Gasteiger partial charge in [-0.3, -0.25) is 0 Å². The summed E-state index contributed by atoms with van der Waals surface area (Å²) in [5.74, 6) is -1.25. The number of aromatic carboxylic acids is 2. The number of carbonyl (C=O) groups is 2. The molecule has 0 atom stereocenters. The van der Waals surface area contributed by atoms with E-state index in [1.165, 1.54) is 18.2 Å². The van der Waals surface area contributed by atoms with E-state index >= 15 is 0 Å².